The molecule has 1 aromatic heterocycles. The molecule has 1 N–H and O–H groups in total. The second-order valence-electron chi connectivity index (χ2n) is 7.17. The molecule has 1 amide bonds. The third-order valence-corrected chi connectivity index (χ3v) is 5.93. The molecule has 0 spiro atoms. The van der Waals surface area contributed by atoms with Crippen LogP contribution < -0.4 is 19.5 Å². The molecule has 0 radical (unpaired) electrons. The number of hydrogen-bond acceptors (Lipinski definition) is 7. The standard InChI is InChI=1S/C23H27FN4O4S/c1-6-14(2)25-20(29)13-33-23-27-26-22(28(23)17-10-8-7-9-16(17)24)15-11-18(30-3)21(32-5)19(12-15)31-4/h7-12,14H,6,13H2,1-5H3,(H,25,29)/t14-/m1/s1. The molecule has 0 aliphatic rings. The third-order valence-electron chi connectivity index (χ3n) is 5.00. The Morgan fingerprint density at radius 3 is 2.36 bits per heavy atom. The van der Waals surface area contributed by atoms with E-state index in [0.29, 0.717) is 33.8 Å². The van der Waals surface area contributed by atoms with Crippen LogP contribution in [0.3, 0.4) is 0 Å². The van der Waals surface area contributed by atoms with Crippen molar-refractivity contribution in [2.24, 2.45) is 0 Å². The van der Waals surface area contributed by atoms with Crippen LogP contribution >= 0.6 is 11.8 Å². The van der Waals surface area contributed by atoms with E-state index < -0.39 is 5.82 Å². The van der Waals surface area contributed by atoms with E-state index in [1.54, 1.807) is 34.9 Å². The largest absolute Gasteiger partial charge is 0.493 e. The Hall–Kier alpha value is -3.27. The number of methoxy groups -OCH3 is 3. The molecule has 3 rings (SSSR count). The molecule has 3 aromatic rings. The molecule has 1 atom stereocenters. The van der Waals surface area contributed by atoms with Gasteiger partial charge in [0.05, 0.1) is 32.8 Å². The number of amides is 1. The number of carbonyl (C=O) groups excluding carboxylic acids is 1. The Morgan fingerprint density at radius 2 is 1.79 bits per heavy atom. The van der Waals surface area contributed by atoms with Gasteiger partial charge in [0.2, 0.25) is 11.7 Å². The number of nitrogens with one attached hydrogen (secondary N) is 1. The van der Waals surface area contributed by atoms with Crippen molar-refractivity contribution in [2.45, 2.75) is 31.5 Å². The maximum absolute atomic E-state index is 14.8. The minimum Gasteiger partial charge on any atom is -0.493 e. The molecule has 0 bridgehead atoms. The van der Waals surface area contributed by atoms with E-state index in [1.165, 1.54) is 39.2 Å². The van der Waals surface area contributed by atoms with E-state index in [-0.39, 0.29) is 23.4 Å². The van der Waals surface area contributed by atoms with E-state index in [9.17, 15) is 9.18 Å². The molecule has 10 heteroatoms. The van der Waals surface area contributed by atoms with E-state index in [1.807, 2.05) is 13.8 Å². The number of nitrogens with zero attached hydrogens (tertiary/aromatic N) is 3. The summed E-state index contributed by atoms with van der Waals surface area (Å²) in [4.78, 5) is 12.3. The number of benzene rings is 2. The zero-order chi connectivity index (χ0) is 24.0. The Kier molecular flexibility index (Phi) is 8.16. The van der Waals surface area contributed by atoms with Gasteiger partial charge in [-0.15, -0.1) is 10.2 Å². The van der Waals surface area contributed by atoms with Crippen molar-refractivity contribution in [3.05, 3.63) is 42.2 Å². The summed E-state index contributed by atoms with van der Waals surface area (Å²) in [6, 6.07) is 9.81. The van der Waals surface area contributed by atoms with Gasteiger partial charge in [-0.2, -0.15) is 0 Å². The summed E-state index contributed by atoms with van der Waals surface area (Å²) < 4.78 is 32.7. The molecule has 0 saturated heterocycles. The first-order valence-corrected chi connectivity index (χ1v) is 11.3. The number of para-hydroxylation sites is 1. The van der Waals surface area contributed by atoms with Gasteiger partial charge in [0.15, 0.2) is 22.5 Å². The Balaban J connectivity index is 2.08. The van der Waals surface area contributed by atoms with Crippen molar-refractivity contribution in [1.82, 2.24) is 20.1 Å². The normalized spacial score (nSPS) is 11.7. The highest BCUT2D eigenvalue weighted by Gasteiger charge is 2.22. The molecule has 0 aliphatic heterocycles. The lowest BCUT2D eigenvalue weighted by atomic mass is 10.1. The fourth-order valence-corrected chi connectivity index (χ4v) is 3.92. The second-order valence-corrected chi connectivity index (χ2v) is 8.12. The van der Waals surface area contributed by atoms with Crippen molar-refractivity contribution in [3.8, 4) is 34.3 Å². The highest BCUT2D eigenvalue weighted by atomic mass is 32.2. The van der Waals surface area contributed by atoms with E-state index >= 15 is 0 Å². The number of thioether (sulfide) groups is 1. The van der Waals surface area contributed by atoms with Gasteiger partial charge in [-0.05, 0) is 37.6 Å². The van der Waals surface area contributed by atoms with Crippen LogP contribution in [-0.4, -0.2) is 53.8 Å². The van der Waals surface area contributed by atoms with Crippen LogP contribution in [0.15, 0.2) is 41.6 Å². The molecule has 2 aromatic carbocycles. The molecule has 1 heterocycles. The fraction of sp³-hybridized carbons (Fsp3) is 0.348. The second kappa shape index (κ2) is 11.0. The molecule has 176 valence electrons. The Labute approximate surface area is 196 Å². The first-order valence-electron chi connectivity index (χ1n) is 10.4. The average molecular weight is 475 g/mol. The molecular weight excluding hydrogens is 447 g/mol. The van der Waals surface area contributed by atoms with E-state index in [0.717, 1.165) is 6.42 Å². The van der Waals surface area contributed by atoms with Crippen LogP contribution in [0.25, 0.3) is 17.1 Å². The zero-order valence-corrected chi connectivity index (χ0v) is 20.0. The van der Waals surface area contributed by atoms with Crippen molar-refractivity contribution < 1.29 is 23.4 Å². The molecular formula is C23H27FN4O4S. The van der Waals surface area contributed by atoms with Gasteiger partial charge in [-0.1, -0.05) is 30.8 Å². The predicted octanol–water partition coefficient (Wildman–Crippen LogP) is 4.11. The van der Waals surface area contributed by atoms with Crippen LogP contribution in [0.2, 0.25) is 0 Å². The number of aromatic nitrogens is 3. The van der Waals surface area contributed by atoms with Crippen LogP contribution in [0, 0.1) is 5.82 Å². The van der Waals surface area contributed by atoms with Crippen molar-refractivity contribution in [1.29, 1.82) is 0 Å². The SMILES string of the molecule is CC[C@@H](C)NC(=O)CSc1nnc(-c2cc(OC)c(OC)c(OC)c2)n1-c1ccccc1F. The minimum absolute atomic E-state index is 0.0670. The van der Waals surface area contributed by atoms with Crippen molar-refractivity contribution >= 4 is 17.7 Å². The monoisotopic (exact) mass is 474 g/mol. The van der Waals surface area contributed by atoms with Gasteiger partial charge in [-0.25, -0.2) is 4.39 Å². The summed E-state index contributed by atoms with van der Waals surface area (Å²) in [7, 11) is 4.54. The van der Waals surface area contributed by atoms with Crippen molar-refractivity contribution in [2.75, 3.05) is 27.1 Å². The van der Waals surface area contributed by atoms with Gasteiger partial charge in [0.1, 0.15) is 5.82 Å². The number of halogens is 1. The topological polar surface area (TPSA) is 87.5 Å². The smallest absolute Gasteiger partial charge is 0.230 e. The Morgan fingerprint density at radius 1 is 1.12 bits per heavy atom. The summed E-state index contributed by atoms with van der Waals surface area (Å²) in [5.74, 6) is 1.19. The maximum atomic E-state index is 14.8. The lowest BCUT2D eigenvalue weighted by Crippen LogP contribution is -2.33. The lowest BCUT2D eigenvalue weighted by molar-refractivity contribution is -0.119. The number of hydrogen-bond donors (Lipinski definition) is 1. The maximum Gasteiger partial charge on any atom is 0.230 e. The van der Waals surface area contributed by atoms with Gasteiger partial charge in [0.25, 0.3) is 0 Å². The summed E-state index contributed by atoms with van der Waals surface area (Å²) in [5.41, 5.74) is 0.840. The van der Waals surface area contributed by atoms with Crippen molar-refractivity contribution in [3.63, 3.8) is 0 Å². The summed E-state index contributed by atoms with van der Waals surface area (Å²) in [5, 5.41) is 11.8. The van der Waals surface area contributed by atoms with Gasteiger partial charge in [0, 0.05) is 11.6 Å². The van der Waals surface area contributed by atoms with Crippen LogP contribution in [-0.2, 0) is 4.79 Å². The summed E-state index contributed by atoms with van der Waals surface area (Å²) in [6.07, 6.45) is 0.826. The zero-order valence-electron chi connectivity index (χ0n) is 19.2. The van der Waals surface area contributed by atoms with Gasteiger partial charge in [-0.3, -0.25) is 9.36 Å². The molecule has 0 unspecified atom stereocenters. The highest BCUT2D eigenvalue weighted by Crippen LogP contribution is 2.41. The molecule has 0 aliphatic carbocycles. The van der Waals surface area contributed by atoms with E-state index in [2.05, 4.69) is 15.5 Å². The average Bonchev–Trinajstić information content (AvgIpc) is 3.25. The quantitative estimate of drug-likeness (QED) is 0.443. The lowest BCUT2D eigenvalue weighted by Gasteiger charge is -2.15. The summed E-state index contributed by atoms with van der Waals surface area (Å²) in [6.45, 7) is 3.93. The van der Waals surface area contributed by atoms with Crippen LogP contribution in [0.1, 0.15) is 20.3 Å². The van der Waals surface area contributed by atoms with Gasteiger partial charge < -0.3 is 19.5 Å². The Bertz CT molecular complexity index is 1100. The minimum atomic E-state index is -0.447. The first-order chi connectivity index (χ1) is 15.9. The highest BCUT2D eigenvalue weighted by molar-refractivity contribution is 7.99. The predicted molar refractivity (Wildman–Crippen MR) is 125 cm³/mol. The van der Waals surface area contributed by atoms with Crippen LogP contribution in [0.4, 0.5) is 4.39 Å². The molecule has 0 fully saturated rings. The number of ether oxygens (including phenoxy) is 3. The molecule has 33 heavy (non-hydrogen) atoms. The van der Waals surface area contributed by atoms with E-state index in [4.69, 9.17) is 14.2 Å². The fourth-order valence-electron chi connectivity index (χ4n) is 3.16. The number of carbonyl (C=O) groups is 1. The van der Waals surface area contributed by atoms with Gasteiger partial charge >= 0.3 is 0 Å². The molecule has 8 nitrogen and oxygen atoms in total. The third kappa shape index (κ3) is 5.39. The molecule has 0 saturated carbocycles. The number of rotatable bonds is 10. The van der Waals surface area contributed by atoms with Crippen LogP contribution in [0.5, 0.6) is 17.2 Å². The first kappa shape index (κ1) is 24.4. The summed E-state index contributed by atoms with van der Waals surface area (Å²) >= 11 is 1.18.